The summed E-state index contributed by atoms with van der Waals surface area (Å²) in [4.78, 5) is 21.3. The molecule has 0 aliphatic carbocycles. The first-order valence-electron chi connectivity index (χ1n) is 10.6. The van der Waals surface area contributed by atoms with Gasteiger partial charge in [-0.3, -0.25) is 4.79 Å². The molecule has 0 saturated heterocycles. The molecule has 0 aliphatic heterocycles. The van der Waals surface area contributed by atoms with E-state index in [0.29, 0.717) is 17.9 Å². The zero-order chi connectivity index (χ0) is 22.6. The smallest absolute Gasteiger partial charge is 0.251 e. The van der Waals surface area contributed by atoms with E-state index in [1.807, 2.05) is 78.3 Å². The predicted octanol–water partition coefficient (Wildman–Crippen LogP) is 3.99. The Kier molecular flexibility index (Phi) is 5.55. The maximum absolute atomic E-state index is 12.8. The molecule has 8 heteroatoms. The first kappa shape index (κ1) is 20.4. The Morgan fingerprint density at radius 3 is 2.76 bits per heavy atom. The van der Waals surface area contributed by atoms with Gasteiger partial charge >= 0.3 is 0 Å². The number of nitrogens with zero attached hydrogens (tertiary/aromatic N) is 5. The summed E-state index contributed by atoms with van der Waals surface area (Å²) in [6.45, 7) is 2.27. The van der Waals surface area contributed by atoms with Crippen molar-refractivity contribution in [3.8, 4) is 11.4 Å². The summed E-state index contributed by atoms with van der Waals surface area (Å²) in [5.41, 5.74) is 4.12. The van der Waals surface area contributed by atoms with Gasteiger partial charge in [-0.05, 0) is 55.0 Å². The maximum Gasteiger partial charge on any atom is 0.251 e. The van der Waals surface area contributed by atoms with E-state index < -0.39 is 0 Å². The van der Waals surface area contributed by atoms with Crippen molar-refractivity contribution >= 4 is 11.6 Å². The van der Waals surface area contributed by atoms with E-state index in [0.717, 1.165) is 22.6 Å². The second kappa shape index (κ2) is 8.96. The molecule has 3 heterocycles. The fraction of sp³-hybridized carbons (Fsp3) is 0.120. The lowest BCUT2D eigenvalue weighted by molar-refractivity contribution is 0.0939. The molecular weight excluding hydrogens is 416 g/mol. The minimum atomic E-state index is -0.166. The van der Waals surface area contributed by atoms with Crippen LogP contribution in [0.2, 0.25) is 0 Å². The van der Waals surface area contributed by atoms with E-state index in [-0.39, 0.29) is 11.9 Å². The van der Waals surface area contributed by atoms with Gasteiger partial charge in [0.15, 0.2) is 0 Å². The number of carbonyl (C=O) groups excluding carboxylic acids is 1. The van der Waals surface area contributed by atoms with Crippen LogP contribution < -0.4 is 10.1 Å². The molecule has 0 saturated carbocycles. The van der Waals surface area contributed by atoms with Crippen molar-refractivity contribution < 1.29 is 9.53 Å². The highest BCUT2D eigenvalue weighted by atomic mass is 16.5. The van der Waals surface area contributed by atoms with Gasteiger partial charge in [-0.25, -0.2) is 14.6 Å². The van der Waals surface area contributed by atoms with Crippen LogP contribution in [-0.4, -0.2) is 30.1 Å². The molecule has 0 radical (unpaired) electrons. The monoisotopic (exact) mass is 438 g/mol. The predicted molar refractivity (Wildman–Crippen MR) is 123 cm³/mol. The van der Waals surface area contributed by atoms with Gasteiger partial charge in [-0.15, -0.1) is 0 Å². The molecule has 5 rings (SSSR count). The number of amides is 1. The van der Waals surface area contributed by atoms with Crippen LogP contribution in [0, 0.1) is 0 Å². The standard InChI is InChI=1S/C25H22N6O2/c1-18(19-8-10-22(11-9-19)31-17-26-16-27-31)28-25(32)20-5-4-6-23(13-20)33-15-21-14-30-12-3-2-7-24(30)29-21/h2-14,16-18H,15H2,1H3,(H,28,32). The summed E-state index contributed by atoms with van der Waals surface area (Å²) in [6.07, 6.45) is 7.01. The SMILES string of the molecule is CC(NC(=O)c1cccc(OCc2cn3ccccc3n2)c1)c1ccc(-n2cncn2)cc1. The lowest BCUT2D eigenvalue weighted by Gasteiger charge is -2.15. The number of pyridine rings is 1. The van der Waals surface area contributed by atoms with E-state index in [1.54, 1.807) is 23.1 Å². The lowest BCUT2D eigenvalue weighted by atomic mass is 10.1. The van der Waals surface area contributed by atoms with Crippen molar-refractivity contribution in [2.75, 3.05) is 0 Å². The number of imidazole rings is 1. The summed E-state index contributed by atoms with van der Waals surface area (Å²) in [7, 11) is 0. The Bertz CT molecular complexity index is 1340. The highest BCUT2D eigenvalue weighted by Crippen LogP contribution is 2.19. The van der Waals surface area contributed by atoms with Crippen LogP contribution in [0.4, 0.5) is 0 Å². The first-order chi connectivity index (χ1) is 16.2. The number of fused-ring (bicyclic) bond motifs is 1. The minimum Gasteiger partial charge on any atom is -0.487 e. The van der Waals surface area contributed by atoms with E-state index in [2.05, 4.69) is 20.4 Å². The zero-order valence-corrected chi connectivity index (χ0v) is 18.0. The summed E-state index contributed by atoms with van der Waals surface area (Å²) in [6, 6.07) is 20.7. The van der Waals surface area contributed by atoms with E-state index in [1.165, 1.54) is 6.33 Å². The van der Waals surface area contributed by atoms with Crippen LogP contribution in [0.1, 0.15) is 34.6 Å². The van der Waals surface area contributed by atoms with Crippen molar-refractivity contribution in [1.29, 1.82) is 0 Å². The molecule has 0 bridgehead atoms. The summed E-state index contributed by atoms with van der Waals surface area (Å²) >= 11 is 0. The Morgan fingerprint density at radius 2 is 1.97 bits per heavy atom. The second-order valence-electron chi connectivity index (χ2n) is 7.64. The number of hydrogen-bond donors (Lipinski definition) is 1. The van der Waals surface area contributed by atoms with Gasteiger partial charge in [0.1, 0.15) is 30.7 Å². The Labute approximate surface area is 190 Å². The van der Waals surface area contributed by atoms with Gasteiger partial charge in [0.25, 0.3) is 5.91 Å². The molecule has 1 amide bonds. The van der Waals surface area contributed by atoms with Crippen LogP contribution in [0.5, 0.6) is 5.75 Å². The number of nitrogens with one attached hydrogen (secondary N) is 1. The largest absolute Gasteiger partial charge is 0.487 e. The van der Waals surface area contributed by atoms with Crippen molar-refractivity contribution in [2.24, 2.45) is 0 Å². The van der Waals surface area contributed by atoms with Crippen molar-refractivity contribution in [2.45, 2.75) is 19.6 Å². The first-order valence-corrected chi connectivity index (χ1v) is 10.6. The quantitative estimate of drug-likeness (QED) is 0.415. The molecule has 33 heavy (non-hydrogen) atoms. The zero-order valence-electron chi connectivity index (χ0n) is 18.0. The highest BCUT2D eigenvalue weighted by Gasteiger charge is 2.13. The Hall–Kier alpha value is -4.46. The van der Waals surface area contributed by atoms with Crippen LogP contribution >= 0.6 is 0 Å². The fourth-order valence-electron chi connectivity index (χ4n) is 3.56. The molecule has 5 aromatic rings. The molecule has 3 aromatic heterocycles. The van der Waals surface area contributed by atoms with Crippen LogP contribution in [-0.2, 0) is 6.61 Å². The Balaban J connectivity index is 1.22. The van der Waals surface area contributed by atoms with E-state index in [9.17, 15) is 4.79 Å². The average molecular weight is 438 g/mol. The van der Waals surface area contributed by atoms with Crippen molar-refractivity contribution in [1.82, 2.24) is 29.5 Å². The third-order valence-corrected chi connectivity index (χ3v) is 5.32. The van der Waals surface area contributed by atoms with Gasteiger partial charge in [-0.2, -0.15) is 5.10 Å². The van der Waals surface area contributed by atoms with E-state index >= 15 is 0 Å². The number of hydrogen-bond acceptors (Lipinski definition) is 5. The van der Waals surface area contributed by atoms with Crippen molar-refractivity contribution in [3.05, 3.63) is 109 Å². The van der Waals surface area contributed by atoms with Crippen LogP contribution in [0.15, 0.2) is 91.8 Å². The van der Waals surface area contributed by atoms with Crippen LogP contribution in [0.25, 0.3) is 11.3 Å². The molecule has 0 aliphatic rings. The van der Waals surface area contributed by atoms with Gasteiger partial charge < -0.3 is 14.5 Å². The summed E-state index contributed by atoms with van der Waals surface area (Å²) in [5, 5.41) is 7.16. The topological polar surface area (TPSA) is 86.3 Å². The lowest BCUT2D eigenvalue weighted by Crippen LogP contribution is -2.26. The maximum atomic E-state index is 12.8. The van der Waals surface area contributed by atoms with E-state index in [4.69, 9.17) is 4.74 Å². The summed E-state index contributed by atoms with van der Waals surface area (Å²) in [5.74, 6) is 0.450. The number of ether oxygens (including phenoxy) is 1. The molecule has 2 aromatic carbocycles. The van der Waals surface area contributed by atoms with Crippen LogP contribution in [0.3, 0.4) is 0 Å². The van der Waals surface area contributed by atoms with Gasteiger partial charge in [0, 0.05) is 18.0 Å². The highest BCUT2D eigenvalue weighted by molar-refractivity contribution is 5.94. The molecule has 1 N–H and O–H groups in total. The summed E-state index contributed by atoms with van der Waals surface area (Å²) < 4.78 is 9.51. The normalized spacial score (nSPS) is 11.9. The van der Waals surface area contributed by atoms with Gasteiger partial charge in [-0.1, -0.05) is 24.3 Å². The van der Waals surface area contributed by atoms with Crippen molar-refractivity contribution in [3.63, 3.8) is 0 Å². The molecule has 0 fully saturated rings. The number of benzene rings is 2. The Morgan fingerprint density at radius 1 is 1.09 bits per heavy atom. The molecule has 1 unspecified atom stereocenters. The number of rotatable bonds is 7. The number of aromatic nitrogens is 5. The average Bonchev–Trinajstić information content (AvgIpc) is 3.53. The minimum absolute atomic E-state index is 0.162. The third-order valence-electron chi connectivity index (χ3n) is 5.32. The van der Waals surface area contributed by atoms with Gasteiger partial charge in [0.05, 0.1) is 17.4 Å². The molecular formula is C25H22N6O2. The third kappa shape index (κ3) is 4.59. The molecule has 0 spiro atoms. The molecule has 8 nitrogen and oxygen atoms in total. The second-order valence-corrected chi connectivity index (χ2v) is 7.64. The number of carbonyl (C=O) groups is 1. The molecule has 1 atom stereocenters. The van der Waals surface area contributed by atoms with Gasteiger partial charge in [0.2, 0.25) is 0 Å². The molecule has 164 valence electrons. The fourth-order valence-corrected chi connectivity index (χ4v) is 3.56.